The molecule has 6 heteroatoms. The Hall–Kier alpha value is -1.17. The summed E-state index contributed by atoms with van der Waals surface area (Å²) in [4.78, 5) is 12.1. The van der Waals surface area contributed by atoms with Gasteiger partial charge in [-0.15, -0.1) is 0 Å². The fourth-order valence-corrected chi connectivity index (χ4v) is 2.27. The van der Waals surface area contributed by atoms with Crippen molar-refractivity contribution in [1.29, 1.82) is 0 Å². The summed E-state index contributed by atoms with van der Waals surface area (Å²) in [6, 6.07) is 4.12. The van der Waals surface area contributed by atoms with E-state index in [2.05, 4.69) is 10.6 Å². The molecule has 104 valence electrons. The Kier molecular flexibility index (Phi) is 4.74. The van der Waals surface area contributed by atoms with Gasteiger partial charge in [0.2, 0.25) is 5.91 Å². The number of benzene rings is 1. The molecular weight excluding hydrogens is 271 g/mol. The molecule has 2 unspecified atom stereocenters. The zero-order valence-electron chi connectivity index (χ0n) is 10.6. The lowest BCUT2D eigenvalue weighted by Gasteiger charge is -2.17. The number of likely N-dealkylation sites (N-methyl/N-ethyl adjacent to an activating group) is 1. The molecule has 1 aromatic rings. The lowest BCUT2D eigenvalue weighted by atomic mass is 10.0. The van der Waals surface area contributed by atoms with Crippen LogP contribution in [0.15, 0.2) is 18.2 Å². The predicted octanol–water partition coefficient (Wildman–Crippen LogP) is 2.04. The largest absolute Gasteiger partial charge is 0.379 e. The number of rotatable bonds is 4. The molecule has 1 aliphatic rings. The highest BCUT2D eigenvalue weighted by molar-refractivity contribution is 6.31. The molecule has 1 amide bonds. The van der Waals surface area contributed by atoms with Gasteiger partial charge < -0.3 is 15.4 Å². The van der Waals surface area contributed by atoms with Crippen molar-refractivity contribution in [2.45, 2.75) is 13.0 Å². The standard InChI is InChI=1S/C13H16ClFN2O2/c1-2-16-12-7-19-6-9(12)13(18)17-8-3-4-11(15)10(14)5-8/h3-5,9,12,16H,2,6-7H2,1H3,(H,17,18). The van der Waals surface area contributed by atoms with E-state index >= 15 is 0 Å². The molecule has 2 atom stereocenters. The fraction of sp³-hybridized carbons (Fsp3) is 0.462. The topological polar surface area (TPSA) is 50.4 Å². The number of hydrogen-bond donors (Lipinski definition) is 2. The third-order valence-corrected chi connectivity index (χ3v) is 3.36. The number of carbonyl (C=O) groups excluding carboxylic acids is 1. The molecule has 0 bridgehead atoms. The molecule has 0 spiro atoms. The highest BCUT2D eigenvalue weighted by atomic mass is 35.5. The number of anilines is 1. The molecule has 1 saturated heterocycles. The maximum atomic E-state index is 13.0. The zero-order valence-corrected chi connectivity index (χ0v) is 11.3. The van der Waals surface area contributed by atoms with Gasteiger partial charge in [-0.2, -0.15) is 0 Å². The maximum Gasteiger partial charge on any atom is 0.231 e. The van der Waals surface area contributed by atoms with E-state index in [9.17, 15) is 9.18 Å². The molecule has 19 heavy (non-hydrogen) atoms. The second kappa shape index (κ2) is 6.32. The van der Waals surface area contributed by atoms with Gasteiger partial charge in [0.1, 0.15) is 5.82 Å². The summed E-state index contributed by atoms with van der Waals surface area (Å²) in [5.41, 5.74) is 0.485. The first-order chi connectivity index (χ1) is 9.11. The molecule has 2 N–H and O–H groups in total. The van der Waals surface area contributed by atoms with Gasteiger partial charge in [0.05, 0.1) is 24.2 Å². The minimum atomic E-state index is -0.505. The molecule has 1 heterocycles. The summed E-state index contributed by atoms with van der Waals surface area (Å²) in [5.74, 6) is -0.899. The zero-order chi connectivity index (χ0) is 13.8. The predicted molar refractivity (Wildman–Crippen MR) is 71.8 cm³/mol. The Bertz CT molecular complexity index is 470. The summed E-state index contributed by atoms with van der Waals surface area (Å²) in [5, 5.41) is 5.93. The average molecular weight is 287 g/mol. The van der Waals surface area contributed by atoms with E-state index in [0.29, 0.717) is 18.9 Å². The second-order valence-electron chi connectivity index (χ2n) is 4.43. The van der Waals surface area contributed by atoms with Gasteiger partial charge in [-0.3, -0.25) is 4.79 Å². The summed E-state index contributed by atoms with van der Waals surface area (Å²) >= 11 is 5.67. The van der Waals surface area contributed by atoms with Crippen LogP contribution in [0.1, 0.15) is 6.92 Å². The lowest BCUT2D eigenvalue weighted by Crippen LogP contribution is -2.41. The van der Waals surface area contributed by atoms with Gasteiger partial charge in [-0.05, 0) is 24.7 Å². The minimum Gasteiger partial charge on any atom is -0.379 e. The highest BCUT2D eigenvalue weighted by Crippen LogP contribution is 2.21. The Morgan fingerprint density at radius 1 is 1.53 bits per heavy atom. The fourth-order valence-electron chi connectivity index (χ4n) is 2.08. The Balaban J connectivity index is 2.02. The highest BCUT2D eigenvalue weighted by Gasteiger charge is 2.33. The van der Waals surface area contributed by atoms with Gasteiger partial charge in [0.15, 0.2) is 0 Å². The van der Waals surface area contributed by atoms with Gasteiger partial charge >= 0.3 is 0 Å². The minimum absolute atomic E-state index is 0.0105. The van der Waals surface area contributed by atoms with Crippen LogP contribution in [0.2, 0.25) is 5.02 Å². The van der Waals surface area contributed by atoms with E-state index in [1.165, 1.54) is 18.2 Å². The molecular formula is C13H16ClFN2O2. The average Bonchev–Trinajstić information content (AvgIpc) is 2.83. The van der Waals surface area contributed by atoms with Crippen molar-refractivity contribution in [3.8, 4) is 0 Å². The molecule has 2 rings (SSSR count). The summed E-state index contributed by atoms with van der Waals surface area (Å²) in [6.45, 7) is 3.67. The van der Waals surface area contributed by atoms with Crippen molar-refractivity contribution in [2.75, 3.05) is 25.1 Å². The molecule has 4 nitrogen and oxygen atoms in total. The van der Waals surface area contributed by atoms with E-state index in [1.54, 1.807) is 0 Å². The van der Waals surface area contributed by atoms with Gasteiger partial charge in [0, 0.05) is 11.7 Å². The van der Waals surface area contributed by atoms with Crippen molar-refractivity contribution in [2.24, 2.45) is 5.92 Å². The van der Waals surface area contributed by atoms with Gasteiger partial charge in [-0.25, -0.2) is 4.39 Å². The Morgan fingerprint density at radius 2 is 2.32 bits per heavy atom. The van der Waals surface area contributed by atoms with Gasteiger partial charge in [-0.1, -0.05) is 18.5 Å². The summed E-state index contributed by atoms with van der Waals surface area (Å²) in [6.07, 6.45) is 0. The number of carbonyl (C=O) groups is 1. The Labute approximate surface area is 116 Å². The number of nitrogens with one attached hydrogen (secondary N) is 2. The van der Waals surface area contributed by atoms with Crippen LogP contribution in [0.5, 0.6) is 0 Å². The normalized spacial score (nSPS) is 22.5. The van der Waals surface area contributed by atoms with Crippen molar-refractivity contribution in [3.05, 3.63) is 29.0 Å². The molecule has 0 aromatic heterocycles. The first-order valence-electron chi connectivity index (χ1n) is 6.19. The smallest absolute Gasteiger partial charge is 0.231 e. The van der Waals surface area contributed by atoms with Crippen LogP contribution in [0, 0.1) is 11.7 Å². The lowest BCUT2D eigenvalue weighted by molar-refractivity contribution is -0.120. The molecule has 0 aliphatic carbocycles. The van der Waals surface area contributed by atoms with Crippen LogP contribution in [0.4, 0.5) is 10.1 Å². The number of hydrogen-bond acceptors (Lipinski definition) is 3. The van der Waals surface area contributed by atoms with Crippen molar-refractivity contribution >= 4 is 23.2 Å². The Morgan fingerprint density at radius 3 is 3.00 bits per heavy atom. The van der Waals surface area contributed by atoms with Crippen LogP contribution in [0.25, 0.3) is 0 Å². The summed E-state index contributed by atoms with van der Waals surface area (Å²) < 4.78 is 18.3. The third-order valence-electron chi connectivity index (χ3n) is 3.07. The monoisotopic (exact) mass is 286 g/mol. The van der Waals surface area contributed by atoms with Crippen LogP contribution in [0.3, 0.4) is 0 Å². The SMILES string of the molecule is CCNC1COCC1C(=O)Nc1ccc(F)c(Cl)c1. The van der Waals surface area contributed by atoms with Crippen LogP contribution in [-0.2, 0) is 9.53 Å². The number of amides is 1. The van der Waals surface area contributed by atoms with E-state index in [0.717, 1.165) is 6.54 Å². The van der Waals surface area contributed by atoms with E-state index in [4.69, 9.17) is 16.3 Å². The molecule has 1 aliphatic heterocycles. The quantitative estimate of drug-likeness (QED) is 0.891. The van der Waals surface area contributed by atoms with Crippen molar-refractivity contribution < 1.29 is 13.9 Å². The molecule has 0 radical (unpaired) electrons. The number of halogens is 2. The van der Waals surface area contributed by atoms with Crippen molar-refractivity contribution in [3.63, 3.8) is 0 Å². The second-order valence-corrected chi connectivity index (χ2v) is 4.83. The first kappa shape index (κ1) is 14.2. The van der Waals surface area contributed by atoms with Crippen LogP contribution < -0.4 is 10.6 Å². The van der Waals surface area contributed by atoms with Gasteiger partial charge in [0.25, 0.3) is 0 Å². The molecule has 0 saturated carbocycles. The van der Waals surface area contributed by atoms with Crippen LogP contribution >= 0.6 is 11.6 Å². The first-order valence-corrected chi connectivity index (χ1v) is 6.56. The third kappa shape index (κ3) is 3.43. The van der Waals surface area contributed by atoms with Crippen LogP contribution in [-0.4, -0.2) is 31.7 Å². The van der Waals surface area contributed by atoms with E-state index < -0.39 is 5.82 Å². The van der Waals surface area contributed by atoms with E-state index in [-0.39, 0.29) is 22.9 Å². The summed E-state index contributed by atoms with van der Waals surface area (Å²) in [7, 11) is 0. The maximum absolute atomic E-state index is 13.0. The molecule has 1 aromatic carbocycles. The van der Waals surface area contributed by atoms with E-state index in [1.807, 2.05) is 6.92 Å². The number of ether oxygens (including phenoxy) is 1. The van der Waals surface area contributed by atoms with Crippen molar-refractivity contribution in [1.82, 2.24) is 5.32 Å². The molecule has 1 fully saturated rings.